The molecular formula is C18H29NO. The number of aryl methyl sites for hydroxylation is 1. The summed E-state index contributed by atoms with van der Waals surface area (Å²) in [5.41, 5.74) is 2.93. The van der Waals surface area contributed by atoms with Crippen LogP contribution in [0.1, 0.15) is 43.7 Å². The standard InChI is InChI=1S/C18H29NO/c1-3-20-12-6-8-16(14-19-18-10-11-18)13-17-9-5-4-7-15(17)2/h4-5,7,9,16,18-19H,3,6,8,10-14H2,1-2H3. The van der Waals surface area contributed by atoms with Crippen LogP contribution in [0.2, 0.25) is 0 Å². The lowest BCUT2D eigenvalue weighted by molar-refractivity contribution is 0.139. The zero-order valence-electron chi connectivity index (χ0n) is 13.0. The van der Waals surface area contributed by atoms with Gasteiger partial charge in [-0.15, -0.1) is 0 Å². The molecule has 1 atom stereocenters. The molecule has 1 unspecified atom stereocenters. The van der Waals surface area contributed by atoms with E-state index in [2.05, 4.69) is 43.4 Å². The van der Waals surface area contributed by atoms with Crippen LogP contribution >= 0.6 is 0 Å². The molecule has 20 heavy (non-hydrogen) atoms. The number of ether oxygens (including phenoxy) is 1. The van der Waals surface area contributed by atoms with E-state index in [1.807, 2.05) is 0 Å². The van der Waals surface area contributed by atoms with Crippen LogP contribution < -0.4 is 5.32 Å². The molecule has 2 rings (SSSR count). The number of nitrogens with one attached hydrogen (secondary N) is 1. The van der Waals surface area contributed by atoms with Crippen molar-refractivity contribution in [1.82, 2.24) is 5.32 Å². The molecule has 1 saturated carbocycles. The van der Waals surface area contributed by atoms with Crippen LogP contribution in [0, 0.1) is 12.8 Å². The van der Waals surface area contributed by atoms with Gasteiger partial charge in [0.25, 0.3) is 0 Å². The summed E-state index contributed by atoms with van der Waals surface area (Å²) < 4.78 is 5.48. The van der Waals surface area contributed by atoms with Gasteiger partial charge in [-0.05, 0) is 69.5 Å². The summed E-state index contributed by atoms with van der Waals surface area (Å²) in [7, 11) is 0. The molecule has 0 saturated heterocycles. The van der Waals surface area contributed by atoms with Crippen molar-refractivity contribution in [2.45, 2.75) is 52.0 Å². The van der Waals surface area contributed by atoms with Gasteiger partial charge in [0, 0.05) is 19.3 Å². The molecule has 0 amide bonds. The van der Waals surface area contributed by atoms with E-state index in [-0.39, 0.29) is 0 Å². The highest BCUT2D eigenvalue weighted by molar-refractivity contribution is 5.25. The summed E-state index contributed by atoms with van der Waals surface area (Å²) in [6.07, 6.45) is 6.37. The van der Waals surface area contributed by atoms with Crippen LogP contribution in [-0.2, 0) is 11.2 Å². The van der Waals surface area contributed by atoms with E-state index in [1.54, 1.807) is 0 Å². The lowest BCUT2D eigenvalue weighted by Gasteiger charge is -2.19. The van der Waals surface area contributed by atoms with E-state index in [4.69, 9.17) is 4.74 Å². The second-order valence-corrected chi connectivity index (χ2v) is 6.02. The fourth-order valence-electron chi connectivity index (χ4n) is 2.67. The Bertz CT molecular complexity index is 387. The quantitative estimate of drug-likeness (QED) is 0.657. The molecule has 1 aromatic rings. The Morgan fingerprint density at radius 3 is 2.80 bits per heavy atom. The molecular weight excluding hydrogens is 246 g/mol. The number of rotatable bonds is 10. The molecule has 0 heterocycles. The first kappa shape index (κ1) is 15.5. The van der Waals surface area contributed by atoms with Crippen molar-refractivity contribution < 1.29 is 4.74 Å². The number of hydrogen-bond acceptors (Lipinski definition) is 2. The first-order valence-electron chi connectivity index (χ1n) is 8.15. The molecule has 112 valence electrons. The Balaban J connectivity index is 1.81. The maximum Gasteiger partial charge on any atom is 0.0466 e. The number of hydrogen-bond donors (Lipinski definition) is 1. The van der Waals surface area contributed by atoms with Crippen molar-refractivity contribution >= 4 is 0 Å². The summed E-state index contributed by atoms with van der Waals surface area (Å²) in [6.45, 7) is 7.19. The molecule has 1 fully saturated rings. The predicted octanol–water partition coefficient (Wildman–Crippen LogP) is 3.72. The van der Waals surface area contributed by atoms with Gasteiger partial charge in [0.2, 0.25) is 0 Å². The Morgan fingerprint density at radius 1 is 1.30 bits per heavy atom. The van der Waals surface area contributed by atoms with Crippen molar-refractivity contribution in [2.24, 2.45) is 5.92 Å². The zero-order valence-corrected chi connectivity index (χ0v) is 13.0. The lowest BCUT2D eigenvalue weighted by atomic mass is 9.92. The highest BCUT2D eigenvalue weighted by atomic mass is 16.5. The Labute approximate surface area is 123 Å². The van der Waals surface area contributed by atoms with E-state index in [0.29, 0.717) is 0 Å². The average molecular weight is 275 g/mol. The molecule has 2 nitrogen and oxygen atoms in total. The monoisotopic (exact) mass is 275 g/mol. The van der Waals surface area contributed by atoms with E-state index >= 15 is 0 Å². The van der Waals surface area contributed by atoms with Gasteiger partial charge in [0.15, 0.2) is 0 Å². The SMILES string of the molecule is CCOCCCC(CNC1CC1)Cc1ccccc1C. The minimum absolute atomic E-state index is 0.733. The highest BCUT2D eigenvalue weighted by Crippen LogP contribution is 2.21. The Hall–Kier alpha value is -0.860. The fraction of sp³-hybridized carbons (Fsp3) is 0.667. The predicted molar refractivity (Wildman–Crippen MR) is 85.1 cm³/mol. The van der Waals surface area contributed by atoms with Crippen molar-refractivity contribution in [2.75, 3.05) is 19.8 Å². The summed E-state index contributed by atoms with van der Waals surface area (Å²) in [5, 5.41) is 3.70. The summed E-state index contributed by atoms with van der Waals surface area (Å²) in [5.74, 6) is 0.733. The van der Waals surface area contributed by atoms with Gasteiger partial charge in [-0.3, -0.25) is 0 Å². The van der Waals surface area contributed by atoms with E-state index in [1.165, 1.54) is 43.2 Å². The number of benzene rings is 1. The van der Waals surface area contributed by atoms with Gasteiger partial charge in [0.1, 0.15) is 0 Å². The molecule has 1 aromatic carbocycles. The Morgan fingerprint density at radius 2 is 2.10 bits per heavy atom. The highest BCUT2D eigenvalue weighted by Gasteiger charge is 2.22. The van der Waals surface area contributed by atoms with Crippen molar-refractivity contribution in [3.05, 3.63) is 35.4 Å². The topological polar surface area (TPSA) is 21.3 Å². The lowest BCUT2D eigenvalue weighted by Crippen LogP contribution is -2.26. The first-order valence-corrected chi connectivity index (χ1v) is 8.15. The summed E-state index contributed by atoms with van der Waals surface area (Å²) in [4.78, 5) is 0. The van der Waals surface area contributed by atoms with Gasteiger partial charge < -0.3 is 10.1 Å². The first-order chi connectivity index (χ1) is 9.79. The summed E-state index contributed by atoms with van der Waals surface area (Å²) >= 11 is 0. The van der Waals surface area contributed by atoms with Gasteiger partial charge in [-0.25, -0.2) is 0 Å². The molecule has 2 heteroatoms. The van der Waals surface area contributed by atoms with Gasteiger partial charge in [-0.1, -0.05) is 24.3 Å². The summed E-state index contributed by atoms with van der Waals surface area (Å²) in [6, 6.07) is 9.60. The van der Waals surface area contributed by atoms with Gasteiger partial charge in [0.05, 0.1) is 0 Å². The molecule has 0 aromatic heterocycles. The van der Waals surface area contributed by atoms with Crippen LogP contribution in [0.15, 0.2) is 24.3 Å². The van der Waals surface area contributed by atoms with Crippen LogP contribution in [0.25, 0.3) is 0 Å². The van der Waals surface area contributed by atoms with Crippen molar-refractivity contribution in [3.63, 3.8) is 0 Å². The molecule has 0 aliphatic heterocycles. The largest absolute Gasteiger partial charge is 0.382 e. The van der Waals surface area contributed by atoms with E-state index in [0.717, 1.165) is 31.7 Å². The minimum atomic E-state index is 0.733. The minimum Gasteiger partial charge on any atom is -0.382 e. The second kappa shape index (κ2) is 8.43. The molecule has 0 radical (unpaired) electrons. The molecule has 1 aliphatic carbocycles. The van der Waals surface area contributed by atoms with Crippen LogP contribution in [0.3, 0.4) is 0 Å². The smallest absolute Gasteiger partial charge is 0.0466 e. The molecule has 0 bridgehead atoms. The molecule has 1 N–H and O–H groups in total. The molecule has 1 aliphatic rings. The maximum atomic E-state index is 5.48. The Kier molecular flexibility index (Phi) is 6.55. The van der Waals surface area contributed by atoms with Crippen LogP contribution in [-0.4, -0.2) is 25.8 Å². The molecule has 0 spiro atoms. The van der Waals surface area contributed by atoms with Crippen molar-refractivity contribution in [1.29, 1.82) is 0 Å². The van der Waals surface area contributed by atoms with Gasteiger partial charge >= 0.3 is 0 Å². The third-order valence-electron chi connectivity index (χ3n) is 4.15. The third kappa shape index (κ3) is 5.64. The second-order valence-electron chi connectivity index (χ2n) is 6.02. The fourth-order valence-corrected chi connectivity index (χ4v) is 2.67. The van der Waals surface area contributed by atoms with Crippen molar-refractivity contribution in [3.8, 4) is 0 Å². The van der Waals surface area contributed by atoms with Gasteiger partial charge in [-0.2, -0.15) is 0 Å². The van der Waals surface area contributed by atoms with E-state index in [9.17, 15) is 0 Å². The zero-order chi connectivity index (χ0) is 14.2. The maximum absolute atomic E-state index is 5.48. The van der Waals surface area contributed by atoms with Crippen LogP contribution in [0.5, 0.6) is 0 Å². The third-order valence-corrected chi connectivity index (χ3v) is 4.15. The normalized spacial score (nSPS) is 16.3. The van der Waals surface area contributed by atoms with E-state index < -0.39 is 0 Å². The van der Waals surface area contributed by atoms with Crippen LogP contribution in [0.4, 0.5) is 0 Å². The average Bonchev–Trinajstić information content (AvgIpc) is 3.27.